The van der Waals surface area contributed by atoms with Gasteiger partial charge in [0, 0.05) is 6.20 Å². The number of hydrogen-bond acceptors (Lipinski definition) is 10. The Morgan fingerprint density at radius 1 is 1.38 bits per heavy atom. The average molecular weight is 603 g/mol. The minimum absolute atomic E-state index is 0.0471. The molecule has 1 aromatic carbocycles. The van der Waals surface area contributed by atoms with Crippen molar-refractivity contribution in [3.8, 4) is 5.75 Å². The molecule has 3 heterocycles. The van der Waals surface area contributed by atoms with Gasteiger partial charge in [-0.25, -0.2) is 8.96 Å². The number of hydrogen-bond donors (Lipinski definition) is 3. The summed E-state index contributed by atoms with van der Waals surface area (Å²) in [5.74, 6) is -1.99. The van der Waals surface area contributed by atoms with Crippen molar-refractivity contribution < 1.29 is 40.1 Å². The summed E-state index contributed by atoms with van der Waals surface area (Å²) in [5.41, 5.74) is 4.99. The Labute approximate surface area is 236 Å². The van der Waals surface area contributed by atoms with E-state index in [2.05, 4.69) is 9.97 Å². The summed E-state index contributed by atoms with van der Waals surface area (Å²) >= 11 is 6.52. The highest BCUT2D eigenvalue weighted by molar-refractivity contribution is 7.54. The first-order valence-electron chi connectivity index (χ1n) is 13.3. The predicted molar refractivity (Wildman–Crippen MR) is 145 cm³/mol. The van der Waals surface area contributed by atoms with Crippen molar-refractivity contribution in [3.05, 3.63) is 52.9 Å². The molecule has 1 saturated heterocycles. The molecule has 0 spiro atoms. The zero-order valence-corrected chi connectivity index (χ0v) is 23.5. The number of esters is 1. The van der Waals surface area contributed by atoms with Gasteiger partial charge in [-0.2, -0.15) is 4.98 Å². The van der Waals surface area contributed by atoms with Crippen LogP contribution in [0.4, 0.5) is 10.3 Å². The summed E-state index contributed by atoms with van der Waals surface area (Å²) in [6.07, 6.45) is -5.51. The summed E-state index contributed by atoms with van der Waals surface area (Å²) in [4.78, 5) is 28.9. The van der Waals surface area contributed by atoms with Crippen LogP contribution < -0.4 is 15.8 Å². The number of fused-ring (bicyclic) bond motifs is 1. The lowest BCUT2D eigenvalue weighted by atomic mass is 10.0. The van der Waals surface area contributed by atoms with Crippen molar-refractivity contribution in [3.63, 3.8) is 0 Å². The first kappa shape index (κ1) is 27.2. The Balaban J connectivity index is 1.68. The van der Waals surface area contributed by atoms with Gasteiger partial charge in [-0.1, -0.05) is 25.1 Å². The Kier molecular flexibility index (Phi) is 8.08. The number of halogens is 2. The Morgan fingerprint density at radius 2 is 2.08 bits per heavy atom. The number of carbonyl (C=O) groups is 1. The molecule has 0 saturated carbocycles. The third-order valence-electron chi connectivity index (χ3n) is 6.07. The monoisotopic (exact) mass is 602 g/mol. The Morgan fingerprint density at radius 3 is 2.73 bits per heavy atom. The van der Waals surface area contributed by atoms with E-state index in [-0.39, 0.29) is 22.7 Å². The average Bonchev–Trinajstić information content (AvgIpc) is 3.42. The van der Waals surface area contributed by atoms with Gasteiger partial charge in [0.25, 0.3) is 5.56 Å². The fraction of sp³-hybridized carbons (Fsp3) is 0.480. The summed E-state index contributed by atoms with van der Waals surface area (Å²) in [6.45, 7) is 0.133. The number of alkyl halides is 2. The smallest absolute Gasteiger partial charge is 0.380 e. The second-order valence-electron chi connectivity index (χ2n) is 9.62. The van der Waals surface area contributed by atoms with Gasteiger partial charge in [0.2, 0.25) is 5.95 Å². The van der Waals surface area contributed by atoms with Crippen LogP contribution in [-0.2, 0) is 23.4 Å². The molecule has 0 amide bonds. The molecule has 40 heavy (non-hydrogen) atoms. The van der Waals surface area contributed by atoms with Crippen molar-refractivity contribution in [2.45, 2.75) is 50.2 Å². The molecule has 1 aliphatic rings. The highest BCUT2D eigenvalue weighted by Crippen LogP contribution is 2.52. The maximum absolute atomic E-state index is 14.5. The number of aromatic amines is 1. The van der Waals surface area contributed by atoms with Crippen LogP contribution in [0.25, 0.3) is 11.0 Å². The van der Waals surface area contributed by atoms with E-state index in [4.69, 9.17) is 38.6 Å². The van der Waals surface area contributed by atoms with Crippen molar-refractivity contribution in [2.24, 2.45) is 5.92 Å². The van der Waals surface area contributed by atoms with Crippen LogP contribution in [0.15, 0.2) is 47.4 Å². The summed E-state index contributed by atoms with van der Waals surface area (Å²) in [5, 5.41) is 11.1. The lowest BCUT2D eigenvalue weighted by molar-refractivity contribution is -0.151. The number of aromatic nitrogens is 3. The first-order chi connectivity index (χ1) is 19.6. The SMILES string of the molecule is [2H]C([2H])(O[P@@](=O)(C[C@@H](C)C(=O)OC(C)C)Oc1ccccc1)[C@H]1O[C@@H](n2ccc3c(=O)[nH]c(N)nc32)C(Cl)(CF)[C@H]1O. The summed E-state index contributed by atoms with van der Waals surface area (Å²) in [7, 11) is -4.56. The molecule has 4 N–H and O–H groups in total. The molecule has 4 rings (SSSR count). The minimum Gasteiger partial charge on any atom is -0.463 e. The molecule has 0 radical (unpaired) electrons. The van der Waals surface area contributed by atoms with Gasteiger partial charge >= 0.3 is 13.6 Å². The number of aliphatic hydroxyl groups is 1. The van der Waals surface area contributed by atoms with Crippen LogP contribution in [0.1, 0.15) is 29.7 Å². The molecule has 0 aliphatic carbocycles. The molecule has 3 aromatic rings. The quantitative estimate of drug-likeness (QED) is 0.168. The minimum atomic E-state index is -4.56. The second-order valence-corrected chi connectivity index (χ2v) is 12.3. The van der Waals surface area contributed by atoms with Crippen LogP contribution in [0.5, 0.6) is 5.75 Å². The maximum Gasteiger partial charge on any atom is 0.380 e. The van der Waals surface area contributed by atoms with E-state index in [1.807, 2.05) is 0 Å². The number of nitrogen functional groups attached to an aromatic ring is 1. The van der Waals surface area contributed by atoms with E-state index >= 15 is 0 Å². The zero-order chi connectivity index (χ0) is 31.0. The van der Waals surface area contributed by atoms with E-state index in [1.54, 1.807) is 32.0 Å². The zero-order valence-electron chi connectivity index (χ0n) is 23.8. The van der Waals surface area contributed by atoms with Crippen LogP contribution in [0.2, 0.25) is 0 Å². The number of nitrogens with two attached hydrogens (primary N) is 1. The number of benzene rings is 1. The lowest BCUT2D eigenvalue weighted by Crippen LogP contribution is -2.44. The predicted octanol–water partition coefficient (Wildman–Crippen LogP) is 3.39. The fourth-order valence-corrected chi connectivity index (χ4v) is 6.12. The molecule has 0 bridgehead atoms. The topological polar surface area (TPSA) is 168 Å². The van der Waals surface area contributed by atoms with Gasteiger partial charge in [0.1, 0.15) is 29.5 Å². The van der Waals surface area contributed by atoms with Gasteiger partial charge in [-0.05, 0) is 32.0 Å². The van der Waals surface area contributed by atoms with Crippen molar-refractivity contribution in [1.29, 1.82) is 0 Å². The Bertz CT molecular complexity index is 1540. The van der Waals surface area contributed by atoms with Crippen LogP contribution in [0, 0.1) is 5.92 Å². The number of carbonyl (C=O) groups excluding carboxylic acids is 1. The van der Waals surface area contributed by atoms with E-state index in [0.717, 1.165) is 4.57 Å². The van der Waals surface area contributed by atoms with Crippen molar-refractivity contribution in [2.75, 3.05) is 25.1 Å². The second kappa shape index (κ2) is 11.9. The van der Waals surface area contributed by atoms with Crippen LogP contribution in [-0.4, -0.2) is 68.2 Å². The molecular formula is C25H31ClFN4O8P. The number of ether oxygens (including phenoxy) is 2. The van der Waals surface area contributed by atoms with Gasteiger partial charge < -0.3 is 29.4 Å². The maximum atomic E-state index is 14.5. The van der Waals surface area contributed by atoms with Gasteiger partial charge in [-0.3, -0.25) is 19.1 Å². The number of anilines is 1. The molecule has 218 valence electrons. The molecule has 12 nitrogen and oxygen atoms in total. The van der Waals surface area contributed by atoms with E-state index in [1.165, 1.54) is 31.3 Å². The number of rotatable bonds is 11. The van der Waals surface area contributed by atoms with Gasteiger partial charge in [-0.15, -0.1) is 11.6 Å². The third kappa shape index (κ3) is 6.18. The molecule has 1 fully saturated rings. The fourth-order valence-electron chi connectivity index (χ4n) is 4.13. The first-order valence-corrected chi connectivity index (χ1v) is 14.4. The van der Waals surface area contributed by atoms with Gasteiger partial charge in [0.05, 0.1) is 32.9 Å². The van der Waals surface area contributed by atoms with E-state index < -0.39 is 73.9 Å². The third-order valence-corrected chi connectivity index (χ3v) is 8.45. The highest BCUT2D eigenvalue weighted by Gasteiger charge is 2.57. The van der Waals surface area contributed by atoms with E-state index in [9.17, 15) is 23.7 Å². The molecular weight excluding hydrogens is 570 g/mol. The number of nitrogens with zero attached hydrogens (tertiary/aromatic N) is 2. The Hall–Kier alpha value is -2.96. The number of H-pyrrole nitrogens is 1. The number of nitrogens with one attached hydrogen (secondary N) is 1. The standard InChI is InChI=1S/C25H31ClFN4O8P/c1-14(2)37-22(34)15(3)12-40(35,39-16-7-5-4-6-8-16)36-11-18-19(32)25(26,13-27)23(38-18)31-10-9-17-20(31)29-24(28)30-21(17)33/h4-10,14-15,18-19,23,32H,11-13H2,1-3H3,(H3,28,29,30,33)/t15-,18-,19+,23-,25?,40+/m1/s1/i11D2. The number of aliphatic hydroxyl groups excluding tert-OH is 1. The molecule has 15 heteroatoms. The van der Waals surface area contributed by atoms with E-state index in [0.29, 0.717) is 0 Å². The number of para-hydroxylation sites is 1. The normalized spacial score (nSPS) is 26.2. The largest absolute Gasteiger partial charge is 0.463 e. The van der Waals surface area contributed by atoms with Crippen molar-refractivity contribution >= 4 is 42.1 Å². The van der Waals surface area contributed by atoms with Crippen LogP contribution >= 0.6 is 19.2 Å². The highest BCUT2D eigenvalue weighted by atomic mass is 35.5. The lowest BCUT2D eigenvalue weighted by Gasteiger charge is -2.28. The van der Waals surface area contributed by atoms with Gasteiger partial charge in [0.15, 0.2) is 11.9 Å². The molecule has 2 aromatic heterocycles. The van der Waals surface area contributed by atoms with Crippen molar-refractivity contribution in [1.82, 2.24) is 14.5 Å². The molecule has 1 aliphatic heterocycles. The van der Waals surface area contributed by atoms with Crippen LogP contribution in [0.3, 0.4) is 0 Å². The molecule has 1 unspecified atom stereocenters. The summed E-state index contributed by atoms with van der Waals surface area (Å²) in [6, 6.07) is 9.06. The molecule has 6 atom stereocenters. The summed E-state index contributed by atoms with van der Waals surface area (Å²) < 4.78 is 68.9.